The number of benzene rings is 1. The fourth-order valence-electron chi connectivity index (χ4n) is 2.02. The lowest BCUT2D eigenvalue weighted by molar-refractivity contribution is -0.384. The molecule has 1 heterocycles. The second-order valence-electron chi connectivity index (χ2n) is 4.25. The van der Waals surface area contributed by atoms with E-state index in [1.807, 2.05) is 6.07 Å². The standard InChI is InChI=1S/C11H14N2O2/c1-3-11(2)7-12-10-6-8(13(14)15)4-5-9(10)11/h4-6,12H,3,7H2,1-2H3. The van der Waals surface area contributed by atoms with E-state index in [1.54, 1.807) is 12.1 Å². The Morgan fingerprint density at radius 1 is 1.60 bits per heavy atom. The van der Waals surface area contributed by atoms with Gasteiger partial charge in [-0.15, -0.1) is 0 Å². The van der Waals surface area contributed by atoms with E-state index >= 15 is 0 Å². The minimum atomic E-state index is -0.358. The summed E-state index contributed by atoms with van der Waals surface area (Å²) < 4.78 is 0. The molecular formula is C11H14N2O2. The molecule has 1 aromatic carbocycles. The van der Waals surface area contributed by atoms with Gasteiger partial charge in [0, 0.05) is 29.8 Å². The fourth-order valence-corrected chi connectivity index (χ4v) is 2.02. The van der Waals surface area contributed by atoms with Gasteiger partial charge in [0.2, 0.25) is 0 Å². The molecule has 0 spiro atoms. The normalized spacial score (nSPS) is 23.3. The van der Waals surface area contributed by atoms with Gasteiger partial charge in [-0.1, -0.05) is 13.8 Å². The molecule has 0 aromatic heterocycles. The van der Waals surface area contributed by atoms with Crippen LogP contribution in [0.25, 0.3) is 0 Å². The molecule has 0 amide bonds. The van der Waals surface area contributed by atoms with Crippen LogP contribution < -0.4 is 5.32 Å². The van der Waals surface area contributed by atoms with E-state index in [1.165, 1.54) is 5.56 Å². The Morgan fingerprint density at radius 2 is 2.33 bits per heavy atom. The summed E-state index contributed by atoms with van der Waals surface area (Å²) in [5, 5.41) is 13.8. The predicted molar refractivity (Wildman–Crippen MR) is 59.2 cm³/mol. The number of hydrogen-bond acceptors (Lipinski definition) is 3. The maximum Gasteiger partial charge on any atom is 0.271 e. The molecule has 1 aliphatic heterocycles. The Kier molecular flexibility index (Phi) is 2.14. The van der Waals surface area contributed by atoms with E-state index < -0.39 is 0 Å². The SMILES string of the molecule is CCC1(C)CNc2cc([N+](=O)[O-])ccc21. The van der Waals surface area contributed by atoms with Crippen LogP contribution in [0.5, 0.6) is 0 Å². The van der Waals surface area contributed by atoms with Crippen LogP contribution in [0.15, 0.2) is 18.2 Å². The topological polar surface area (TPSA) is 55.2 Å². The zero-order valence-electron chi connectivity index (χ0n) is 8.91. The van der Waals surface area contributed by atoms with Crippen LogP contribution in [-0.2, 0) is 5.41 Å². The van der Waals surface area contributed by atoms with Gasteiger partial charge < -0.3 is 5.32 Å². The first-order valence-electron chi connectivity index (χ1n) is 5.09. The summed E-state index contributed by atoms with van der Waals surface area (Å²) in [7, 11) is 0. The second-order valence-corrected chi connectivity index (χ2v) is 4.25. The maximum atomic E-state index is 10.6. The number of nitro benzene ring substituents is 1. The lowest BCUT2D eigenvalue weighted by atomic mass is 9.82. The lowest BCUT2D eigenvalue weighted by Gasteiger charge is -2.21. The highest BCUT2D eigenvalue weighted by Gasteiger charge is 2.33. The molecule has 80 valence electrons. The average Bonchev–Trinajstić information content (AvgIpc) is 2.57. The molecule has 1 N–H and O–H groups in total. The number of nitrogens with one attached hydrogen (secondary N) is 1. The predicted octanol–water partition coefficient (Wildman–Crippen LogP) is 2.69. The highest BCUT2D eigenvalue weighted by atomic mass is 16.6. The average molecular weight is 206 g/mol. The van der Waals surface area contributed by atoms with Crippen LogP contribution in [0, 0.1) is 10.1 Å². The van der Waals surface area contributed by atoms with Crippen molar-refractivity contribution in [2.75, 3.05) is 11.9 Å². The lowest BCUT2D eigenvalue weighted by Crippen LogP contribution is -2.22. The molecule has 0 bridgehead atoms. The van der Waals surface area contributed by atoms with E-state index in [0.29, 0.717) is 0 Å². The van der Waals surface area contributed by atoms with Crippen molar-refractivity contribution in [3.63, 3.8) is 0 Å². The fraction of sp³-hybridized carbons (Fsp3) is 0.455. The first-order valence-corrected chi connectivity index (χ1v) is 5.09. The van der Waals surface area contributed by atoms with E-state index in [2.05, 4.69) is 19.2 Å². The van der Waals surface area contributed by atoms with Crippen molar-refractivity contribution in [1.82, 2.24) is 0 Å². The van der Waals surface area contributed by atoms with Gasteiger partial charge in [-0.2, -0.15) is 0 Å². The van der Waals surface area contributed by atoms with Crippen molar-refractivity contribution in [2.24, 2.45) is 0 Å². The quantitative estimate of drug-likeness (QED) is 0.597. The van der Waals surface area contributed by atoms with Crippen molar-refractivity contribution >= 4 is 11.4 Å². The second kappa shape index (κ2) is 3.22. The first-order chi connectivity index (χ1) is 7.07. The Morgan fingerprint density at radius 3 is 2.93 bits per heavy atom. The number of hydrogen-bond donors (Lipinski definition) is 1. The summed E-state index contributed by atoms with van der Waals surface area (Å²) in [6.45, 7) is 5.18. The minimum Gasteiger partial charge on any atom is -0.384 e. The van der Waals surface area contributed by atoms with E-state index in [9.17, 15) is 10.1 Å². The Bertz CT molecular complexity index is 417. The molecule has 1 atom stereocenters. The van der Waals surface area contributed by atoms with Crippen molar-refractivity contribution in [3.8, 4) is 0 Å². The van der Waals surface area contributed by atoms with E-state index in [4.69, 9.17) is 0 Å². The summed E-state index contributed by atoms with van der Waals surface area (Å²) in [4.78, 5) is 10.3. The molecule has 1 aromatic rings. The number of rotatable bonds is 2. The van der Waals surface area contributed by atoms with Crippen molar-refractivity contribution in [2.45, 2.75) is 25.7 Å². The molecule has 0 saturated carbocycles. The van der Waals surface area contributed by atoms with Gasteiger partial charge in [-0.05, 0) is 18.1 Å². The summed E-state index contributed by atoms with van der Waals surface area (Å²) in [5.74, 6) is 0. The molecule has 0 radical (unpaired) electrons. The zero-order chi connectivity index (χ0) is 11.1. The summed E-state index contributed by atoms with van der Waals surface area (Å²) in [6.07, 6.45) is 1.03. The van der Waals surface area contributed by atoms with Gasteiger partial charge >= 0.3 is 0 Å². The third kappa shape index (κ3) is 1.46. The van der Waals surface area contributed by atoms with Crippen LogP contribution >= 0.6 is 0 Å². The number of fused-ring (bicyclic) bond motifs is 1. The maximum absolute atomic E-state index is 10.6. The number of nitrogens with zero attached hydrogens (tertiary/aromatic N) is 1. The monoisotopic (exact) mass is 206 g/mol. The van der Waals surface area contributed by atoms with Crippen LogP contribution in [-0.4, -0.2) is 11.5 Å². The van der Waals surface area contributed by atoms with Crippen LogP contribution in [0.2, 0.25) is 0 Å². The number of non-ortho nitro benzene ring substituents is 1. The third-order valence-electron chi connectivity index (χ3n) is 3.31. The summed E-state index contributed by atoms with van der Waals surface area (Å²) in [5.41, 5.74) is 2.37. The smallest absolute Gasteiger partial charge is 0.271 e. The molecule has 1 unspecified atom stereocenters. The van der Waals surface area contributed by atoms with Crippen LogP contribution in [0.3, 0.4) is 0 Å². The Hall–Kier alpha value is -1.58. The van der Waals surface area contributed by atoms with E-state index in [-0.39, 0.29) is 16.0 Å². The molecule has 4 nitrogen and oxygen atoms in total. The molecule has 0 fully saturated rings. The number of nitro groups is 1. The molecule has 0 saturated heterocycles. The molecular weight excluding hydrogens is 192 g/mol. The van der Waals surface area contributed by atoms with Gasteiger partial charge in [0.15, 0.2) is 0 Å². The number of anilines is 1. The molecule has 4 heteroatoms. The molecule has 0 aliphatic carbocycles. The zero-order valence-corrected chi connectivity index (χ0v) is 8.91. The van der Waals surface area contributed by atoms with Crippen molar-refractivity contribution in [3.05, 3.63) is 33.9 Å². The van der Waals surface area contributed by atoms with Gasteiger partial charge in [-0.3, -0.25) is 10.1 Å². The van der Waals surface area contributed by atoms with Crippen molar-refractivity contribution in [1.29, 1.82) is 0 Å². The van der Waals surface area contributed by atoms with Crippen LogP contribution in [0.4, 0.5) is 11.4 Å². The van der Waals surface area contributed by atoms with Gasteiger partial charge in [0.05, 0.1) is 4.92 Å². The molecule has 1 aliphatic rings. The molecule has 2 rings (SSSR count). The minimum absolute atomic E-state index is 0.116. The van der Waals surface area contributed by atoms with Crippen LogP contribution in [0.1, 0.15) is 25.8 Å². The van der Waals surface area contributed by atoms with E-state index in [0.717, 1.165) is 18.7 Å². The van der Waals surface area contributed by atoms with Gasteiger partial charge in [0.25, 0.3) is 5.69 Å². The van der Waals surface area contributed by atoms with Crippen molar-refractivity contribution < 1.29 is 4.92 Å². The Labute approximate surface area is 88.5 Å². The summed E-state index contributed by atoms with van der Waals surface area (Å²) in [6, 6.07) is 5.08. The summed E-state index contributed by atoms with van der Waals surface area (Å²) >= 11 is 0. The Balaban J connectivity index is 2.46. The largest absolute Gasteiger partial charge is 0.384 e. The first kappa shape index (κ1) is 9.96. The highest BCUT2D eigenvalue weighted by molar-refractivity contribution is 5.64. The highest BCUT2D eigenvalue weighted by Crippen LogP contribution is 2.40. The van der Waals surface area contributed by atoms with Gasteiger partial charge in [0.1, 0.15) is 0 Å². The molecule has 15 heavy (non-hydrogen) atoms. The van der Waals surface area contributed by atoms with Gasteiger partial charge in [-0.25, -0.2) is 0 Å². The third-order valence-corrected chi connectivity index (χ3v) is 3.31.